The van der Waals surface area contributed by atoms with Crippen LogP contribution in [0, 0.1) is 5.92 Å². The van der Waals surface area contributed by atoms with E-state index in [0.717, 1.165) is 38.9 Å². The van der Waals surface area contributed by atoms with E-state index < -0.39 is 0 Å². The zero-order valence-corrected chi connectivity index (χ0v) is 12.1. The summed E-state index contributed by atoms with van der Waals surface area (Å²) in [6.07, 6.45) is 5.75. The van der Waals surface area contributed by atoms with Crippen molar-refractivity contribution in [1.82, 2.24) is 10.2 Å². The largest absolute Gasteiger partial charge is 0.352 e. The normalized spacial score (nSPS) is 24.9. The van der Waals surface area contributed by atoms with E-state index in [4.69, 9.17) is 0 Å². The molecule has 0 aromatic carbocycles. The van der Waals surface area contributed by atoms with Crippen LogP contribution in [0.4, 0.5) is 0 Å². The molecule has 1 amide bonds. The van der Waals surface area contributed by atoms with E-state index >= 15 is 0 Å². The molecule has 1 unspecified atom stereocenters. The second-order valence-corrected chi connectivity index (χ2v) is 6.62. The van der Waals surface area contributed by atoms with Crippen molar-refractivity contribution in [1.29, 1.82) is 0 Å². The van der Waals surface area contributed by atoms with Gasteiger partial charge < -0.3 is 5.32 Å². The molecular weight excluding hydrogens is 256 g/mol. The summed E-state index contributed by atoms with van der Waals surface area (Å²) in [6, 6.07) is 2.56. The average Bonchev–Trinajstić information content (AvgIpc) is 3.10. The van der Waals surface area contributed by atoms with E-state index in [0.29, 0.717) is 17.9 Å². The Hall–Kier alpha value is -0.870. The molecule has 1 saturated carbocycles. The highest BCUT2D eigenvalue weighted by Gasteiger charge is 2.28. The minimum absolute atomic E-state index is 0.297. The van der Waals surface area contributed by atoms with Crippen molar-refractivity contribution in [2.24, 2.45) is 5.92 Å². The summed E-state index contributed by atoms with van der Waals surface area (Å²) in [5.74, 6) is 0.603. The first-order valence-electron chi connectivity index (χ1n) is 7.35. The number of amides is 1. The smallest absolute Gasteiger partial charge is 0.223 e. The summed E-state index contributed by atoms with van der Waals surface area (Å²) in [4.78, 5) is 14.5. The van der Waals surface area contributed by atoms with Crippen LogP contribution in [0.3, 0.4) is 0 Å². The molecule has 3 nitrogen and oxygen atoms in total. The number of hydrogen-bond acceptors (Lipinski definition) is 3. The van der Waals surface area contributed by atoms with E-state index in [1.54, 1.807) is 11.3 Å². The highest BCUT2D eigenvalue weighted by molar-refractivity contribution is 7.07. The van der Waals surface area contributed by atoms with Gasteiger partial charge in [0.1, 0.15) is 0 Å². The van der Waals surface area contributed by atoms with Gasteiger partial charge in [0.25, 0.3) is 0 Å². The van der Waals surface area contributed by atoms with Crippen LogP contribution >= 0.6 is 11.3 Å². The molecule has 2 aliphatic rings. The number of nitrogens with one attached hydrogen (secondary N) is 1. The van der Waals surface area contributed by atoms with E-state index in [1.165, 1.54) is 18.4 Å². The fraction of sp³-hybridized carbons (Fsp3) is 0.667. The van der Waals surface area contributed by atoms with Crippen LogP contribution in [-0.4, -0.2) is 29.9 Å². The van der Waals surface area contributed by atoms with E-state index in [1.807, 2.05) is 0 Å². The average molecular weight is 278 g/mol. The van der Waals surface area contributed by atoms with Gasteiger partial charge in [-0.05, 0) is 41.7 Å². The molecule has 1 aromatic rings. The summed E-state index contributed by atoms with van der Waals surface area (Å²) in [5, 5.41) is 7.59. The molecule has 104 valence electrons. The van der Waals surface area contributed by atoms with Crippen molar-refractivity contribution in [2.45, 2.75) is 44.7 Å². The summed E-state index contributed by atoms with van der Waals surface area (Å²) < 4.78 is 0. The van der Waals surface area contributed by atoms with Gasteiger partial charge in [-0.2, -0.15) is 11.3 Å². The zero-order chi connectivity index (χ0) is 13.1. The van der Waals surface area contributed by atoms with E-state index in [2.05, 4.69) is 27.0 Å². The van der Waals surface area contributed by atoms with Gasteiger partial charge in [-0.1, -0.05) is 12.8 Å². The molecule has 0 bridgehead atoms. The number of rotatable bonds is 4. The van der Waals surface area contributed by atoms with Gasteiger partial charge in [-0.25, -0.2) is 0 Å². The van der Waals surface area contributed by atoms with Gasteiger partial charge in [-0.15, -0.1) is 0 Å². The van der Waals surface area contributed by atoms with Crippen LogP contribution in [0.1, 0.15) is 37.7 Å². The third kappa shape index (κ3) is 3.37. The van der Waals surface area contributed by atoms with Crippen molar-refractivity contribution in [3.8, 4) is 0 Å². The van der Waals surface area contributed by atoms with Crippen molar-refractivity contribution in [2.75, 3.05) is 13.1 Å². The zero-order valence-electron chi connectivity index (χ0n) is 11.3. The highest BCUT2D eigenvalue weighted by Crippen LogP contribution is 2.25. The molecule has 0 spiro atoms. The number of thiophene rings is 1. The molecule has 1 aliphatic carbocycles. The van der Waals surface area contributed by atoms with Crippen LogP contribution < -0.4 is 5.32 Å². The summed E-state index contributed by atoms with van der Waals surface area (Å²) in [6.45, 7) is 3.14. The summed E-state index contributed by atoms with van der Waals surface area (Å²) >= 11 is 1.75. The van der Waals surface area contributed by atoms with Crippen molar-refractivity contribution < 1.29 is 4.79 Å². The molecule has 2 heterocycles. The lowest BCUT2D eigenvalue weighted by molar-refractivity contribution is -0.125. The van der Waals surface area contributed by atoms with Gasteiger partial charge in [-0.3, -0.25) is 9.69 Å². The maximum atomic E-state index is 12.1. The van der Waals surface area contributed by atoms with E-state index in [-0.39, 0.29) is 0 Å². The monoisotopic (exact) mass is 278 g/mol. The Morgan fingerprint density at radius 3 is 2.95 bits per heavy atom. The van der Waals surface area contributed by atoms with Gasteiger partial charge in [0.2, 0.25) is 5.91 Å². The lowest BCUT2D eigenvalue weighted by Crippen LogP contribution is -2.39. The quantitative estimate of drug-likeness (QED) is 0.918. The molecular formula is C15H22N2OS. The minimum atomic E-state index is 0.297. The Kier molecular flexibility index (Phi) is 4.18. The molecule has 3 rings (SSSR count). The first-order valence-corrected chi connectivity index (χ1v) is 8.29. The molecule has 2 fully saturated rings. The Morgan fingerprint density at radius 2 is 2.21 bits per heavy atom. The SMILES string of the molecule is O=C(NC1CCN(Cc2ccsc2)C1)C1CCCC1. The minimum Gasteiger partial charge on any atom is -0.352 e. The maximum absolute atomic E-state index is 12.1. The first-order chi connectivity index (χ1) is 9.31. The third-order valence-corrected chi connectivity index (χ3v) is 5.06. The predicted octanol–water partition coefficient (Wildman–Crippen LogP) is 2.63. The number of hydrogen-bond donors (Lipinski definition) is 1. The Bertz CT molecular complexity index is 412. The second-order valence-electron chi connectivity index (χ2n) is 5.84. The molecule has 1 N–H and O–H groups in total. The summed E-state index contributed by atoms with van der Waals surface area (Å²) in [5.41, 5.74) is 1.40. The van der Waals surface area contributed by atoms with Crippen molar-refractivity contribution >= 4 is 17.2 Å². The van der Waals surface area contributed by atoms with Crippen molar-refractivity contribution in [3.05, 3.63) is 22.4 Å². The highest BCUT2D eigenvalue weighted by atomic mass is 32.1. The molecule has 1 saturated heterocycles. The molecule has 1 aliphatic heterocycles. The van der Waals surface area contributed by atoms with Gasteiger partial charge in [0, 0.05) is 31.6 Å². The molecule has 0 radical (unpaired) electrons. The number of likely N-dealkylation sites (tertiary alicyclic amines) is 1. The number of carbonyl (C=O) groups is 1. The first kappa shape index (κ1) is 13.1. The number of carbonyl (C=O) groups excluding carboxylic acids is 1. The maximum Gasteiger partial charge on any atom is 0.223 e. The van der Waals surface area contributed by atoms with Crippen LogP contribution in [0.15, 0.2) is 16.8 Å². The van der Waals surface area contributed by atoms with E-state index in [9.17, 15) is 4.79 Å². The Balaban J connectivity index is 1.45. The fourth-order valence-corrected chi connectivity index (χ4v) is 3.90. The van der Waals surface area contributed by atoms with Gasteiger partial charge in [0.05, 0.1) is 0 Å². The topological polar surface area (TPSA) is 32.3 Å². The Morgan fingerprint density at radius 1 is 1.37 bits per heavy atom. The van der Waals surface area contributed by atoms with Crippen molar-refractivity contribution in [3.63, 3.8) is 0 Å². The molecule has 4 heteroatoms. The molecule has 1 atom stereocenters. The summed E-state index contributed by atoms with van der Waals surface area (Å²) in [7, 11) is 0. The lowest BCUT2D eigenvalue weighted by atomic mass is 10.1. The second kappa shape index (κ2) is 6.06. The number of nitrogens with zero attached hydrogens (tertiary/aromatic N) is 1. The lowest BCUT2D eigenvalue weighted by Gasteiger charge is -2.18. The van der Waals surface area contributed by atoms with Crippen LogP contribution in [0.25, 0.3) is 0 Å². The van der Waals surface area contributed by atoms with Gasteiger partial charge >= 0.3 is 0 Å². The molecule has 1 aromatic heterocycles. The predicted molar refractivity (Wildman–Crippen MR) is 78.1 cm³/mol. The standard InChI is InChI=1S/C15H22N2OS/c18-15(13-3-1-2-4-13)16-14-5-7-17(10-14)9-12-6-8-19-11-12/h6,8,11,13-14H,1-5,7,9-10H2,(H,16,18). The van der Waals surface area contributed by atoms with Crippen LogP contribution in [0.2, 0.25) is 0 Å². The Labute approximate surface area is 119 Å². The van der Waals surface area contributed by atoms with Crippen LogP contribution in [0.5, 0.6) is 0 Å². The van der Waals surface area contributed by atoms with Gasteiger partial charge in [0.15, 0.2) is 0 Å². The fourth-order valence-electron chi connectivity index (χ4n) is 3.24. The van der Waals surface area contributed by atoms with Crippen LogP contribution in [-0.2, 0) is 11.3 Å². The third-order valence-electron chi connectivity index (χ3n) is 4.33. The molecule has 19 heavy (non-hydrogen) atoms.